The zero-order valence-electron chi connectivity index (χ0n) is 11.9. The Morgan fingerprint density at radius 2 is 1.84 bits per heavy atom. The normalized spacial score (nSPS) is 12.9. The van der Waals surface area contributed by atoms with E-state index in [-0.39, 0.29) is 0 Å². The Bertz CT molecular complexity index is 626. The summed E-state index contributed by atoms with van der Waals surface area (Å²) < 4.78 is 0. The highest BCUT2D eigenvalue weighted by atomic mass is 16.4. The molecule has 100 valence electrons. The minimum absolute atomic E-state index is 0.384. The van der Waals surface area contributed by atoms with Gasteiger partial charge < -0.3 is 5.11 Å². The lowest BCUT2D eigenvalue weighted by molar-refractivity contribution is 0.0699. The lowest BCUT2D eigenvalue weighted by Crippen LogP contribution is -2.05. The van der Waals surface area contributed by atoms with E-state index in [9.17, 15) is 9.90 Å². The van der Waals surface area contributed by atoms with Gasteiger partial charge in [-0.15, -0.1) is 0 Å². The Kier molecular flexibility index (Phi) is 3.61. The molecule has 2 nitrogen and oxygen atoms in total. The Morgan fingerprint density at radius 1 is 1.16 bits per heavy atom. The number of benzene rings is 2. The van der Waals surface area contributed by atoms with Crippen molar-refractivity contribution in [2.45, 2.75) is 33.6 Å². The van der Waals surface area contributed by atoms with Gasteiger partial charge in [0.05, 0.1) is 5.56 Å². The summed E-state index contributed by atoms with van der Waals surface area (Å²) in [4.78, 5) is 11.3. The van der Waals surface area contributed by atoms with Crippen molar-refractivity contribution in [1.82, 2.24) is 0 Å². The fraction of sp³-hybridized carbons (Fsp3) is 0.353. The van der Waals surface area contributed by atoms with Crippen LogP contribution in [-0.4, -0.2) is 11.1 Å². The molecule has 1 N–H and O–H groups in total. The number of aryl methyl sites for hydroxylation is 1. The molecule has 2 aromatic carbocycles. The Morgan fingerprint density at radius 3 is 2.42 bits per heavy atom. The van der Waals surface area contributed by atoms with Gasteiger partial charge in [-0.25, -0.2) is 4.79 Å². The van der Waals surface area contributed by atoms with Crippen LogP contribution in [0.1, 0.15) is 48.2 Å². The van der Waals surface area contributed by atoms with Gasteiger partial charge in [0, 0.05) is 0 Å². The molecular weight excluding hydrogens is 236 g/mol. The molecule has 2 heteroatoms. The molecule has 0 saturated heterocycles. The lowest BCUT2D eigenvalue weighted by Gasteiger charge is -2.19. The molecule has 0 aliphatic rings. The summed E-state index contributed by atoms with van der Waals surface area (Å²) in [7, 11) is 0. The highest BCUT2D eigenvalue weighted by Crippen LogP contribution is 2.31. The third-order valence-corrected chi connectivity index (χ3v) is 3.99. The molecule has 0 fully saturated rings. The van der Waals surface area contributed by atoms with Crippen LogP contribution in [0.2, 0.25) is 0 Å². The molecule has 19 heavy (non-hydrogen) atoms. The van der Waals surface area contributed by atoms with Crippen LogP contribution < -0.4 is 0 Å². The van der Waals surface area contributed by atoms with Crippen molar-refractivity contribution in [3.63, 3.8) is 0 Å². The molecule has 0 saturated carbocycles. The first kappa shape index (κ1) is 13.6. The summed E-state index contributed by atoms with van der Waals surface area (Å²) in [5.41, 5.74) is 2.86. The molecular formula is C17H20O2. The topological polar surface area (TPSA) is 37.3 Å². The van der Waals surface area contributed by atoms with Crippen molar-refractivity contribution in [1.29, 1.82) is 0 Å². The molecule has 0 aliphatic heterocycles. The minimum Gasteiger partial charge on any atom is -0.478 e. The first-order valence-corrected chi connectivity index (χ1v) is 6.68. The highest BCUT2D eigenvalue weighted by Gasteiger charge is 2.15. The van der Waals surface area contributed by atoms with E-state index in [4.69, 9.17) is 0 Å². The number of rotatable bonds is 3. The Balaban J connectivity index is 2.72. The molecule has 1 atom stereocenters. The van der Waals surface area contributed by atoms with E-state index in [1.54, 1.807) is 12.1 Å². The molecule has 0 aliphatic carbocycles. The van der Waals surface area contributed by atoms with Crippen LogP contribution in [0.5, 0.6) is 0 Å². The molecule has 2 rings (SSSR count). The quantitative estimate of drug-likeness (QED) is 0.871. The molecule has 0 spiro atoms. The number of carbonyl (C=O) groups is 1. The van der Waals surface area contributed by atoms with E-state index in [1.165, 1.54) is 11.1 Å². The lowest BCUT2D eigenvalue weighted by atomic mass is 9.85. The number of carboxylic acid groups (broad SMARTS) is 1. The molecule has 0 heterocycles. The summed E-state index contributed by atoms with van der Waals surface area (Å²) >= 11 is 0. The van der Waals surface area contributed by atoms with Crippen LogP contribution in [0.4, 0.5) is 0 Å². The van der Waals surface area contributed by atoms with Gasteiger partial charge in [0.2, 0.25) is 0 Å². The van der Waals surface area contributed by atoms with E-state index in [0.29, 0.717) is 17.4 Å². The number of carboxylic acids is 1. The van der Waals surface area contributed by atoms with Crippen LogP contribution >= 0.6 is 0 Å². The van der Waals surface area contributed by atoms with Gasteiger partial charge in [0.1, 0.15) is 0 Å². The Hall–Kier alpha value is -1.83. The molecule has 0 bridgehead atoms. The monoisotopic (exact) mass is 256 g/mol. The van der Waals surface area contributed by atoms with Crippen molar-refractivity contribution >= 4 is 16.7 Å². The van der Waals surface area contributed by atoms with E-state index in [2.05, 4.69) is 39.8 Å². The molecule has 0 aromatic heterocycles. The Labute approximate surface area is 114 Å². The predicted molar refractivity (Wildman–Crippen MR) is 78.9 cm³/mol. The molecule has 1 unspecified atom stereocenters. The molecule has 0 radical (unpaired) electrons. The van der Waals surface area contributed by atoms with Gasteiger partial charge in [-0.05, 0) is 52.8 Å². The van der Waals surface area contributed by atoms with Crippen molar-refractivity contribution in [3.8, 4) is 0 Å². The largest absolute Gasteiger partial charge is 0.478 e. The zero-order chi connectivity index (χ0) is 14.2. The maximum Gasteiger partial charge on any atom is 0.336 e. The van der Waals surface area contributed by atoms with Crippen LogP contribution in [-0.2, 0) is 0 Å². The van der Waals surface area contributed by atoms with Gasteiger partial charge in [-0.1, -0.05) is 39.0 Å². The van der Waals surface area contributed by atoms with Gasteiger partial charge in [-0.2, -0.15) is 0 Å². The second kappa shape index (κ2) is 5.04. The fourth-order valence-electron chi connectivity index (χ4n) is 2.49. The van der Waals surface area contributed by atoms with Crippen molar-refractivity contribution in [2.24, 2.45) is 5.92 Å². The minimum atomic E-state index is -0.863. The second-order valence-corrected chi connectivity index (χ2v) is 5.57. The molecule has 2 aromatic rings. The first-order valence-electron chi connectivity index (χ1n) is 6.68. The van der Waals surface area contributed by atoms with Gasteiger partial charge in [0.15, 0.2) is 0 Å². The summed E-state index contributed by atoms with van der Waals surface area (Å²) in [6.45, 7) is 8.68. The fourth-order valence-corrected chi connectivity index (χ4v) is 2.49. The van der Waals surface area contributed by atoms with Crippen LogP contribution in [0.15, 0.2) is 30.3 Å². The number of fused-ring (bicyclic) bond motifs is 1. The standard InChI is InChI=1S/C17H20O2/c1-10(2)12(4)15-9-16-13(8-11(15)3)6-5-7-14(16)17(18)19/h5-10,12H,1-4H3,(H,18,19). The van der Waals surface area contributed by atoms with Gasteiger partial charge in [0.25, 0.3) is 0 Å². The maximum absolute atomic E-state index is 11.3. The maximum atomic E-state index is 11.3. The van der Waals surface area contributed by atoms with E-state index >= 15 is 0 Å². The van der Waals surface area contributed by atoms with Crippen LogP contribution in [0, 0.1) is 12.8 Å². The van der Waals surface area contributed by atoms with Crippen molar-refractivity contribution in [2.75, 3.05) is 0 Å². The van der Waals surface area contributed by atoms with E-state index in [1.807, 2.05) is 6.07 Å². The average molecular weight is 256 g/mol. The van der Waals surface area contributed by atoms with E-state index in [0.717, 1.165) is 10.8 Å². The first-order chi connectivity index (χ1) is 8.91. The highest BCUT2D eigenvalue weighted by molar-refractivity contribution is 6.04. The predicted octanol–water partition coefficient (Wildman–Crippen LogP) is 4.61. The van der Waals surface area contributed by atoms with E-state index < -0.39 is 5.97 Å². The van der Waals surface area contributed by atoms with Gasteiger partial charge >= 0.3 is 5.97 Å². The second-order valence-electron chi connectivity index (χ2n) is 5.57. The van der Waals surface area contributed by atoms with Crippen LogP contribution in [0.25, 0.3) is 10.8 Å². The average Bonchev–Trinajstić information content (AvgIpc) is 2.35. The summed E-state index contributed by atoms with van der Waals surface area (Å²) in [5.74, 6) is 0.0944. The van der Waals surface area contributed by atoms with Crippen molar-refractivity contribution < 1.29 is 9.90 Å². The summed E-state index contributed by atoms with van der Waals surface area (Å²) in [6.07, 6.45) is 0. The third kappa shape index (κ3) is 2.48. The summed E-state index contributed by atoms with van der Waals surface area (Å²) in [5, 5.41) is 11.1. The molecule has 0 amide bonds. The van der Waals surface area contributed by atoms with Gasteiger partial charge in [-0.3, -0.25) is 0 Å². The number of aromatic carboxylic acids is 1. The van der Waals surface area contributed by atoms with Crippen LogP contribution in [0.3, 0.4) is 0 Å². The third-order valence-electron chi connectivity index (χ3n) is 3.99. The number of hydrogen-bond acceptors (Lipinski definition) is 1. The van der Waals surface area contributed by atoms with Crippen molar-refractivity contribution in [3.05, 3.63) is 47.0 Å². The number of hydrogen-bond donors (Lipinski definition) is 1. The SMILES string of the molecule is Cc1cc2cccc(C(=O)O)c2cc1C(C)C(C)C. The zero-order valence-corrected chi connectivity index (χ0v) is 11.9. The summed E-state index contributed by atoms with van der Waals surface area (Å²) in [6, 6.07) is 9.59. The smallest absolute Gasteiger partial charge is 0.336 e.